The first-order chi connectivity index (χ1) is 8.16. The zero-order valence-corrected chi connectivity index (χ0v) is 10.9. The summed E-state index contributed by atoms with van der Waals surface area (Å²) in [6.07, 6.45) is 1.73. The van der Waals surface area contributed by atoms with Crippen LogP contribution in [0.15, 0.2) is 0 Å². The second-order valence-corrected chi connectivity index (χ2v) is 5.59. The molecule has 2 amide bonds. The minimum atomic E-state index is -0.0363. The highest BCUT2D eigenvalue weighted by Gasteiger charge is 2.27. The number of likely N-dealkylation sites (tertiary alicyclic amines) is 1. The average molecular weight is 257 g/mol. The van der Waals surface area contributed by atoms with Gasteiger partial charge < -0.3 is 10.2 Å². The molecule has 1 unspecified atom stereocenters. The number of hydrogen-bond acceptors (Lipinski definition) is 4. The van der Waals surface area contributed by atoms with Crippen molar-refractivity contribution in [1.29, 1.82) is 0 Å². The van der Waals surface area contributed by atoms with E-state index in [0.717, 1.165) is 37.6 Å². The Labute approximate surface area is 106 Å². The minimum Gasteiger partial charge on any atom is -0.352 e. The van der Waals surface area contributed by atoms with E-state index in [1.165, 1.54) is 0 Å². The quantitative estimate of drug-likeness (QED) is 0.718. The summed E-state index contributed by atoms with van der Waals surface area (Å²) in [6, 6.07) is 0.191. The maximum absolute atomic E-state index is 11.9. The molecule has 2 N–H and O–H groups in total. The molecule has 0 aromatic heterocycles. The normalized spacial score (nSPS) is 25.9. The molecule has 6 heteroatoms. The summed E-state index contributed by atoms with van der Waals surface area (Å²) in [5.74, 6) is 1.96. The lowest BCUT2D eigenvalue weighted by Gasteiger charge is -2.32. The Hall–Kier alpha value is -0.750. The molecule has 2 aliphatic rings. The molecule has 0 aliphatic carbocycles. The zero-order valence-electron chi connectivity index (χ0n) is 10.1. The van der Waals surface area contributed by atoms with Crippen molar-refractivity contribution >= 4 is 23.6 Å². The van der Waals surface area contributed by atoms with Gasteiger partial charge in [0.05, 0.1) is 6.04 Å². The van der Waals surface area contributed by atoms with E-state index >= 15 is 0 Å². The molecule has 5 nitrogen and oxygen atoms in total. The molecular weight excluding hydrogens is 238 g/mol. The van der Waals surface area contributed by atoms with Crippen LogP contribution in [-0.2, 0) is 9.59 Å². The van der Waals surface area contributed by atoms with Gasteiger partial charge in [0.15, 0.2) is 0 Å². The minimum absolute atomic E-state index is 0.0363. The van der Waals surface area contributed by atoms with Gasteiger partial charge in [-0.15, -0.1) is 11.8 Å². The lowest BCUT2D eigenvalue weighted by atomic mass is 10.0. The fourth-order valence-corrected chi connectivity index (χ4v) is 3.15. The zero-order chi connectivity index (χ0) is 12.3. The van der Waals surface area contributed by atoms with Gasteiger partial charge in [0.25, 0.3) is 0 Å². The summed E-state index contributed by atoms with van der Waals surface area (Å²) in [7, 11) is 0. The van der Waals surface area contributed by atoms with Gasteiger partial charge in [-0.2, -0.15) is 0 Å². The number of rotatable bonds is 2. The molecule has 1 atom stereocenters. The number of piperidine rings is 1. The first kappa shape index (κ1) is 12.7. The monoisotopic (exact) mass is 257 g/mol. The van der Waals surface area contributed by atoms with Crippen LogP contribution in [0.5, 0.6) is 0 Å². The lowest BCUT2D eigenvalue weighted by Crippen LogP contribution is -2.50. The van der Waals surface area contributed by atoms with Gasteiger partial charge in [-0.05, 0) is 12.8 Å². The summed E-state index contributed by atoms with van der Waals surface area (Å²) in [6.45, 7) is 3.11. The van der Waals surface area contributed by atoms with Crippen LogP contribution in [0.1, 0.15) is 19.8 Å². The maximum atomic E-state index is 11.9. The van der Waals surface area contributed by atoms with Crippen molar-refractivity contribution in [2.75, 3.05) is 24.7 Å². The molecule has 0 saturated carbocycles. The van der Waals surface area contributed by atoms with Crippen LogP contribution >= 0.6 is 11.8 Å². The van der Waals surface area contributed by atoms with Crippen molar-refractivity contribution in [2.45, 2.75) is 31.8 Å². The number of nitrogens with one attached hydrogen (secondary N) is 2. The summed E-state index contributed by atoms with van der Waals surface area (Å²) in [5, 5.41) is 6.23. The molecular formula is C11H19N3O2S. The summed E-state index contributed by atoms with van der Waals surface area (Å²) >= 11 is 1.75. The number of amides is 2. The number of nitrogens with zero attached hydrogens (tertiary/aromatic N) is 1. The second-order valence-electron chi connectivity index (χ2n) is 4.56. The van der Waals surface area contributed by atoms with Crippen molar-refractivity contribution < 1.29 is 9.59 Å². The highest BCUT2D eigenvalue weighted by atomic mass is 32.2. The van der Waals surface area contributed by atoms with Gasteiger partial charge >= 0.3 is 0 Å². The van der Waals surface area contributed by atoms with Crippen LogP contribution in [0.2, 0.25) is 0 Å². The molecule has 2 fully saturated rings. The van der Waals surface area contributed by atoms with Crippen molar-refractivity contribution in [3.8, 4) is 0 Å². The molecule has 0 aromatic carbocycles. The first-order valence-electron chi connectivity index (χ1n) is 6.04. The summed E-state index contributed by atoms with van der Waals surface area (Å²) in [4.78, 5) is 24.9. The van der Waals surface area contributed by atoms with Gasteiger partial charge in [0, 0.05) is 37.7 Å². The smallest absolute Gasteiger partial charge is 0.238 e. The Morgan fingerprint density at radius 2 is 2.06 bits per heavy atom. The molecule has 2 aliphatic heterocycles. The molecule has 17 heavy (non-hydrogen) atoms. The van der Waals surface area contributed by atoms with E-state index in [9.17, 15) is 9.59 Å². The summed E-state index contributed by atoms with van der Waals surface area (Å²) < 4.78 is 0. The van der Waals surface area contributed by atoms with Gasteiger partial charge in [-0.1, -0.05) is 0 Å². The van der Waals surface area contributed by atoms with Crippen molar-refractivity contribution in [2.24, 2.45) is 0 Å². The van der Waals surface area contributed by atoms with E-state index in [4.69, 9.17) is 0 Å². The van der Waals surface area contributed by atoms with E-state index in [1.807, 2.05) is 4.90 Å². The van der Waals surface area contributed by atoms with Crippen LogP contribution in [-0.4, -0.2) is 53.5 Å². The largest absolute Gasteiger partial charge is 0.352 e. The Morgan fingerprint density at radius 1 is 1.35 bits per heavy atom. The van der Waals surface area contributed by atoms with Crippen LogP contribution < -0.4 is 10.6 Å². The number of carbonyl (C=O) groups is 2. The summed E-state index contributed by atoms with van der Waals surface area (Å²) in [5.41, 5.74) is 0. The van der Waals surface area contributed by atoms with E-state index in [1.54, 1.807) is 18.7 Å². The van der Waals surface area contributed by atoms with Crippen LogP contribution in [0.25, 0.3) is 0 Å². The highest BCUT2D eigenvalue weighted by molar-refractivity contribution is 7.99. The van der Waals surface area contributed by atoms with Gasteiger partial charge in [-0.25, -0.2) is 0 Å². The lowest BCUT2D eigenvalue weighted by molar-refractivity contribution is -0.130. The molecule has 0 spiro atoms. The van der Waals surface area contributed by atoms with E-state index in [-0.39, 0.29) is 23.9 Å². The van der Waals surface area contributed by atoms with Crippen LogP contribution in [0.4, 0.5) is 0 Å². The van der Waals surface area contributed by atoms with Crippen molar-refractivity contribution in [3.05, 3.63) is 0 Å². The average Bonchev–Trinajstić information content (AvgIpc) is 2.83. The molecule has 2 rings (SSSR count). The standard InChI is InChI=1S/C11H19N3O2S/c1-8(15)14-4-2-9(3-5-14)13-11(16)10-6-17-7-12-10/h9-10,12H,2-7H2,1H3,(H,13,16). The fourth-order valence-electron chi connectivity index (χ4n) is 2.20. The predicted octanol–water partition coefficient (Wildman–Crippen LogP) is -0.224. The van der Waals surface area contributed by atoms with Gasteiger partial charge in [0.1, 0.15) is 0 Å². The Bertz CT molecular complexity index is 297. The predicted molar refractivity (Wildman–Crippen MR) is 67.7 cm³/mol. The number of thioether (sulfide) groups is 1. The molecule has 2 saturated heterocycles. The third-order valence-corrected chi connectivity index (χ3v) is 4.26. The maximum Gasteiger partial charge on any atom is 0.238 e. The van der Waals surface area contributed by atoms with E-state index in [2.05, 4.69) is 10.6 Å². The van der Waals surface area contributed by atoms with Crippen LogP contribution in [0, 0.1) is 0 Å². The molecule has 0 bridgehead atoms. The van der Waals surface area contributed by atoms with Crippen molar-refractivity contribution in [1.82, 2.24) is 15.5 Å². The van der Waals surface area contributed by atoms with Crippen molar-refractivity contribution in [3.63, 3.8) is 0 Å². The first-order valence-corrected chi connectivity index (χ1v) is 7.19. The number of hydrogen-bond donors (Lipinski definition) is 2. The highest BCUT2D eigenvalue weighted by Crippen LogP contribution is 2.13. The fraction of sp³-hybridized carbons (Fsp3) is 0.818. The molecule has 96 valence electrons. The Morgan fingerprint density at radius 3 is 2.59 bits per heavy atom. The topological polar surface area (TPSA) is 61.4 Å². The Balaban J connectivity index is 1.74. The SMILES string of the molecule is CC(=O)N1CCC(NC(=O)C2CSCN2)CC1. The van der Waals surface area contributed by atoms with Gasteiger partial charge in [0.2, 0.25) is 11.8 Å². The molecule has 0 aromatic rings. The van der Waals surface area contributed by atoms with E-state index < -0.39 is 0 Å². The molecule has 0 radical (unpaired) electrons. The third-order valence-electron chi connectivity index (χ3n) is 3.32. The second kappa shape index (κ2) is 5.73. The number of carbonyl (C=O) groups excluding carboxylic acids is 2. The third kappa shape index (κ3) is 3.35. The molecule has 2 heterocycles. The van der Waals surface area contributed by atoms with Crippen LogP contribution in [0.3, 0.4) is 0 Å². The van der Waals surface area contributed by atoms with Gasteiger partial charge in [-0.3, -0.25) is 14.9 Å². The van der Waals surface area contributed by atoms with E-state index in [0.29, 0.717) is 0 Å². The Kier molecular flexibility index (Phi) is 4.28.